The van der Waals surface area contributed by atoms with Crippen molar-refractivity contribution in [2.75, 3.05) is 13.6 Å². The predicted octanol–water partition coefficient (Wildman–Crippen LogP) is 2.94. The van der Waals surface area contributed by atoms with Crippen molar-refractivity contribution in [1.82, 2.24) is 4.90 Å². The zero-order valence-electron chi connectivity index (χ0n) is 11.4. The fourth-order valence-electron chi connectivity index (χ4n) is 1.93. The summed E-state index contributed by atoms with van der Waals surface area (Å²) in [7, 11) is 2.08. The van der Waals surface area contributed by atoms with E-state index in [2.05, 4.69) is 43.1 Å². The molecule has 1 rings (SSSR count). The predicted molar refractivity (Wildman–Crippen MR) is 73.6 cm³/mol. The zero-order valence-corrected chi connectivity index (χ0v) is 11.4. The largest absolute Gasteiger partial charge is 0.481 e. The van der Waals surface area contributed by atoms with Gasteiger partial charge in [-0.2, -0.15) is 0 Å². The van der Waals surface area contributed by atoms with E-state index in [1.165, 1.54) is 11.1 Å². The summed E-state index contributed by atoms with van der Waals surface area (Å²) < 4.78 is 0. The molecule has 0 aliphatic carbocycles. The van der Waals surface area contributed by atoms with Crippen molar-refractivity contribution >= 4 is 5.97 Å². The van der Waals surface area contributed by atoms with Crippen LogP contribution in [0.25, 0.3) is 0 Å². The molecule has 1 aromatic carbocycles. The maximum atomic E-state index is 10.4. The Kier molecular flexibility index (Phi) is 6.44. The van der Waals surface area contributed by atoms with Crippen LogP contribution in [0, 0.1) is 0 Å². The highest BCUT2D eigenvalue weighted by molar-refractivity contribution is 5.66. The summed E-state index contributed by atoms with van der Waals surface area (Å²) in [4.78, 5) is 12.6. The molecule has 0 amide bonds. The Labute approximate surface area is 109 Å². The molecule has 0 saturated heterocycles. The quantitative estimate of drug-likeness (QED) is 0.720. The minimum absolute atomic E-state index is 0.277. The molecule has 0 unspecified atom stereocenters. The molecule has 3 nitrogen and oxygen atoms in total. The number of benzene rings is 1. The van der Waals surface area contributed by atoms with Gasteiger partial charge in [0.05, 0.1) is 0 Å². The molecule has 0 fully saturated rings. The smallest absolute Gasteiger partial charge is 0.303 e. The molecule has 0 atom stereocenters. The Morgan fingerprint density at radius 2 is 1.78 bits per heavy atom. The number of carbonyl (C=O) groups is 1. The third-order valence-electron chi connectivity index (χ3n) is 3.06. The Hall–Kier alpha value is -1.35. The van der Waals surface area contributed by atoms with Gasteiger partial charge < -0.3 is 10.0 Å². The second-order valence-corrected chi connectivity index (χ2v) is 4.76. The van der Waals surface area contributed by atoms with Crippen molar-refractivity contribution in [2.24, 2.45) is 0 Å². The second-order valence-electron chi connectivity index (χ2n) is 4.76. The maximum absolute atomic E-state index is 10.4. The lowest BCUT2D eigenvalue weighted by atomic mass is 10.1. The SMILES string of the molecule is CCc1ccc(CN(C)CCCCC(=O)O)cc1. The highest BCUT2D eigenvalue weighted by Crippen LogP contribution is 2.08. The number of rotatable bonds is 8. The monoisotopic (exact) mass is 249 g/mol. The summed E-state index contributed by atoms with van der Waals surface area (Å²) in [5.74, 6) is -0.701. The molecule has 100 valence electrons. The first-order valence-electron chi connectivity index (χ1n) is 6.60. The van der Waals surface area contributed by atoms with Crippen LogP contribution in [0.1, 0.15) is 37.3 Å². The number of aliphatic carboxylic acids is 1. The minimum Gasteiger partial charge on any atom is -0.481 e. The topological polar surface area (TPSA) is 40.5 Å². The van der Waals surface area contributed by atoms with E-state index in [-0.39, 0.29) is 6.42 Å². The first-order valence-corrected chi connectivity index (χ1v) is 6.60. The fraction of sp³-hybridized carbons (Fsp3) is 0.533. The van der Waals surface area contributed by atoms with Gasteiger partial charge >= 0.3 is 5.97 Å². The molecule has 0 spiro atoms. The summed E-state index contributed by atoms with van der Waals surface area (Å²) in [6, 6.07) is 8.69. The molecule has 0 heterocycles. The fourth-order valence-corrected chi connectivity index (χ4v) is 1.93. The van der Waals surface area contributed by atoms with Crippen LogP contribution in [-0.4, -0.2) is 29.6 Å². The highest BCUT2D eigenvalue weighted by Gasteiger charge is 2.02. The van der Waals surface area contributed by atoms with Crippen LogP contribution in [0.2, 0.25) is 0 Å². The van der Waals surface area contributed by atoms with E-state index in [9.17, 15) is 4.79 Å². The number of carboxylic acids is 1. The Morgan fingerprint density at radius 1 is 1.17 bits per heavy atom. The summed E-state index contributed by atoms with van der Waals surface area (Å²) >= 11 is 0. The minimum atomic E-state index is -0.701. The number of carboxylic acid groups (broad SMARTS) is 1. The van der Waals surface area contributed by atoms with Gasteiger partial charge in [0.1, 0.15) is 0 Å². The molecule has 0 aliphatic rings. The zero-order chi connectivity index (χ0) is 13.4. The van der Waals surface area contributed by atoms with E-state index >= 15 is 0 Å². The van der Waals surface area contributed by atoms with Crippen LogP contribution in [0.5, 0.6) is 0 Å². The average molecular weight is 249 g/mol. The summed E-state index contributed by atoms with van der Waals surface area (Å²) in [5.41, 5.74) is 2.68. The van der Waals surface area contributed by atoms with Gasteiger partial charge in [-0.15, -0.1) is 0 Å². The van der Waals surface area contributed by atoms with Crippen molar-refractivity contribution in [3.63, 3.8) is 0 Å². The standard InChI is InChI=1S/C15H23NO2/c1-3-13-7-9-14(10-8-13)12-16(2)11-5-4-6-15(17)18/h7-10H,3-6,11-12H2,1-2H3,(H,17,18). The second kappa shape index (κ2) is 7.88. The first kappa shape index (κ1) is 14.7. The Balaban J connectivity index is 2.26. The van der Waals surface area contributed by atoms with Crippen molar-refractivity contribution < 1.29 is 9.90 Å². The Bertz CT molecular complexity index is 359. The van der Waals surface area contributed by atoms with Gasteiger partial charge in [-0.05, 0) is 44.0 Å². The summed E-state index contributed by atoms with van der Waals surface area (Å²) in [6.07, 6.45) is 3.05. The highest BCUT2D eigenvalue weighted by atomic mass is 16.4. The molecule has 1 aromatic rings. The van der Waals surface area contributed by atoms with Crippen LogP contribution in [0.4, 0.5) is 0 Å². The lowest BCUT2D eigenvalue weighted by Crippen LogP contribution is -2.19. The van der Waals surface area contributed by atoms with Crippen LogP contribution in [0.15, 0.2) is 24.3 Å². The first-order chi connectivity index (χ1) is 8.61. The van der Waals surface area contributed by atoms with E-state index in [0.29, 0.717) is 0 Å². The van der Waals surface area contributed by atoms with Gasteiger partial charge in [-0.1, -0.05) is 31.2 Å². The van der Waals surface area contributed by atoms with E-state index in [1.54, 1.807) is 0 Å². The van der Waals surface area contributed by atoms with E-state index in [4.69, 9.17) is 5.11 Å². The van der Waals surface area contributed by atoms with Crippen molar-refractivity contribution in [2.45, 2.75) is 39.2 Å². The van der Waals surface area contributed by atoms with Crippen LogP contribution in [0.3, 0.4) is 0 Å². The third kappa shape index (κ3) is 5.82. The molecular weight excluding hydrogens is 226 g/mol. The van der Waals surface area contributed by atoms with Gasteiger partial charge in [-0.3, -0.25) is 4.79 Å². The van der Waals surface area contributed by atoms with E-state index in [1.807, 2.05) is 0 Å². The van der Waals surface area contributed by atoms with Crippen molar-refractivity contribution in [3.05, 3.63) is 35.4 Å². The number of aryl methyl sites for hydroxylation is 1. The van der Waals surface area contributed by atoms with Gasteiger partial charge in [0.15, 0.2) is 0 Å². The molecule has 0 radical (unpaired) electrons. The number of hydrogen-bond acceptors (Lipinski definition) is 2. The van der Waals surface area contributed by atoms with Gasteiger partial charge in [-0.25, -0.2) is 0 Å². The lowest BCUT2D eigenvalue weighted by Gasteiger charge is -2.16. The van der Waals surface area contributed by atoms with Gasteiger partial charge in [0.25, 0.3) is 0 Å². The summed E-state index contributed by atoms with van der Waals surface area (Å²) in [5, 5.41) is 8.55. The van der Waals surface area contributed by atoms with Crippen LogP contribution < -0.4 is 0 Å². The van der Waals surface area contributed by atoms with E-state index < -0.39 is 5.97 Å². The summed E-state index contributed by atoms with van der Waals surface area (Å²) in [6.45, 7) is 4.03. The molecular formula is C15H23NO2. The van der Waals surface area contributed by atoms with Crippen molar-refractivity contribution in [3.8, 4) is 0 Å². The van der Waals surface area contributed by atoms with Crippen LogP contribution in [-0.2, 0) is 17.8 Å². The Morgan fingerprint density at radius 3 is 2.33 bits per heavy atom. The average Bonchev–Trinajstić information content (AvgIpc) is 2.35. The molecule has 0 aliphatic heterocycles. The third-order valence-corrected chi connectivity index (χ3v) is 3.06. The number of unbranched alkanes of at least 4 members (excludes halogenated alkanes) is 1. The van der Waals surface area contributed by atoms with Gasteiger partial charge in [0, 0.05) is 13.0 Å². The molecule has 1 N–H and O–H groups in total. The normalized spacial score (nSPS) is 10.8. The number of nitrogens with zero attached hydrogens (tertiary/aromatic N) is 1. The molecule has 0 bridgehead atoms. The lowest BCUT2D eigenvalue weighted by molar-refractivity contribution is -0.137. The van der Waals surface area contributed by atoms with Crippen molar-refractivity contribution in [1.29, 1.82) is 0 Å². The van der Waals surface area contributed by atoms with Gasteiger partial charge in [0.2, 0.25) is 0 Å². The molecule has 3 heteroatoms. The van der Waals surface area contributed by atoms with E-state index in [0.717, 1.165) is 32.4 Å². The maximum Gasteiger partial charge on any atom is 0.303 e. The molecule has 18 heavy (non-hydrogen) atoms. The van der Waals surface area contributed by atoms with Crippen LogP contribution >= 0.6 is 0 Å². The molecule has 0 aromatic heterocycles. The molecule has 0 saturated carbocycles. The number of hydrogen-bond donors (Lipinski definition) is 1.